The molecule has 1 N–H and O–H groups in total. The summed E-state index contributed by atoms with van der Waals surface area (Å²) < 4.78 is 42.4. The number of carbonyl (C=O) groups excluding carboxylic acids is 1. The van der Waals surface area contributed by atoms with Gasteiger partial charge < -0.3 is 4.74 Å². The molecule has 2 rings (SSSR count). The molecule has 0 unspecified atom stereocenters. The second-order valence-electron chi connectivity index (χ2n) is 4.81. The third kappa shape index (κ3) is 4.97. The molecular formula is C14H17F3N2O3. The summed E-state index contributed by atoms with van der Waals surface area (Å²) in [6.45, 7) is 3.94. The summed E-state index contributed by atoms with van der Waals surface area (Å²) in [5.41, 5.74) is 1.53. The highest BCUT2D eigenvalue weighted by molar-refractivity contribution is 5.93. The number of nitrogens with one attached hydrogen (secondary N) is 1. The quantitative estimate of drug-likeness (QED) is 0.663. The summed E-state index contributed by atoms with van der Waals surface area (Å²) in [5, 5.41) is 0. The van der Waals surface area contributed by atoms with E-state index in [9.17, 15) is 18.0 Å². The van der Waals surface area contributed by atoms with Gasteiger partial charge in [-0.2, -0.15) is 13.2 Å². The second-order valence-corrected chi connectivity index (χ2v) is 4.81. The van der Waals surface area contributed by atoms with Crippen molar-refractivity contribution in [3.8, 4) is 0 Å². The Morgan fingerprint density at radius 3 is 2.45 bits per heavy atom. The van der Waals surface area contributed by atoms with Crippen LogP contribution in [-0.4, -0.2) is 50.3 Å². The molecule has 0 radical (unpaired) electrons. The maximum Gasteiger partial charge on any atom is 0.416 e. The molecule has 1 aliphatic heterocycles. The number of benzene rings is 1. The molecule has 5 nitrogen and oxygen atoms in total. The summed E-state index contributed by atoms with van der Waals surface area (Å²) in [6, 6.07) is 3.96. The van der Waals surface area contributed by atoms with E-state index >= 15 is 0 Å². The zero-order valence-electron chi connectivity index (χ0n) is 11.9. The average molecular weight is 318 g/mol. The van der Waals surface area contributed by atoms with E-state index in [1.165, 1.54) is 0 Å². The number of rotatable bonds is 5. The van der Waals surface area contributed by atoms with Gasteiger partial charge in [-0.1, -0.05) is 0 Å². The fourth-order valence-corrected chi connectivity index (χ4v) is 1.99. The molecule has 1 fully saturated rings. The van der Waals surface area contributed by atoms with E-state index in [4.69, 9.17) is 9.57 Å². The number of halogens is 3. The van der Waals surface area contributed by atoms with E-state index in [1.54, 1.807) is 0 Å². The van der Waals surface area contributed by atoms with Crippen molar-refractivity contribution in [3.63, 3.8) is 0 Å². The summed E-state index contributed by atoms with van der Waals surface area (Å²) in [6.07, 6.45) is -4.41. The number of carbonyl (C=O) groups is 1. The van der Waals surface area contributed by atoms with Gasteiger partial charge in [0.25, 0.3) is 5.91 Å². The first-order valence-electron chi connectivity index (χ1n) is 6.86. The largest absolute Gasteiger partial charge is 0.416 e. The van der Waals surface area contributed by atoms with E-state index < -0.39 is 17.6 Å². The summed E-state index contributed by atoms with van der Waals surface area (Å²) >= 11 is 0. The van der Waals surface area contributed by atoms with Crippen LogP contribution in [-0.2, 0) is 15.8 Å². The van der Waals surface area contributed by atoms with Crippen LogP contribution < -0.4 is 5.48 Å². The third-order valence-electron chi connectivity index (χ3n) is 3.25. The molecule has 1 amide bonds. The summed E-state index contributed by atoms with van der Waals surface area (Å²) in [7, 11) is 0. The van der Waals surface area contributed by atoms with Crippen LogP contribution in [0.5, 0.6) is 0 Å². The van der Waals surface area contributed by atoms with Gasteiger partial charge in [0.05, 0.1) is 25.4 Å². The van der Waals surface area contributed by atoms with Crippen molar-refractivity contribution in [2.75, 3.05) is 39.5 Å². The molecule has 0 aromatic heterocycles. The van der Waals surface area contributed by atoms with Gasteiger partial charge in [-0.05, 0) is 24.3 Å². The van der Waals surface area contributed by atoms with E-state index in [1.807, 2.05) is 0 Å². The van der Waals surface area contributed by atoms with Crippen LogP contribution in [0.2, 0.25) is 0 Å². The van der Waals surface area contributed by atoms with Crippen molar-refractivity contribution >= 4 is 5.91 Å². The molecule has 1 saturated heterocycles. The average Bonchev–Trinajstić information content (AvgIpc) is 2.52. The van der Waals surface area contributed by atoms with Gasteiger partial charge in [0, 0.05) is 25.2 Å². The fraction of sp³-hybridized carbons (Fsp3) is 0.500. The van der Waals surface area contributed by atoms with Crippen molar-refractivity contribution in [2.45, 2.75) is 6.18 Å². The summed E-state index contributed by atoms with van der Waals surface area (Å²) in [4.78, 5) is 18.9. The number of ether oxygens (including phenoxy) is 1. The van der Waals surface area contributed by atoms with Crippen LogP contribution >= 0.6 is 0 Å². The van der Waals surface area contributed by atoms with Crippen LogP contribution in [0.15, 0.2) is 24.3 Å². The third-order valence-corrected chi connectivity index (χ3v) is 3.25. The SMILES string of the molecule is O=C(NOCCN1CCOCC1)c1ccc(C(F)(F)F)cc1. The molecule has 0 atom stereocenters. The van der Waals surface area contributed by atoms with Crippen molar-refractivity contribution in [2.24, 2.45) is 0 Å². The Kier molecular flexibility index (Phi) is 5.76. The Morgan fingerprint density at radius 1 is 1.23 bits per heavy atom. The van der Waals surface area contributed by atoms with E-state index in [2.05, 4.69) is 10.4 Å². The Bertz CT molecular complexity index is 485. The fourth-order valence-electron chi connectivity index (χ4n) is 1.99. The summed E-state index contributed by atoms with van der Waals surface area (Å²) in [5.74, 6) is -0.573. The van der Waals surface area contributed by atoms with Crippen LogP contribution in [0.25, 0.3) is 0 Å². The first-order valence-corrected chi connectivity index (χ1v) is 6.86. The first kappa shape index (κ1) is 16.7. The van der Waals surface area contributed by atoms with Crippen molar-refractivity contribution in [1.82, 2.24) is 10.4 Å². The molecule has 1 aromatic rings. The lowest BCUT2D eigenvalue weighted by atomic mass is 10.1. The number of hydroxylamine groups is 1. The second kappa shape index (κ2) is 7.57. The number of nitrogens with zero attached hydrogens (tertiary/aromatic N) is 1. The monoisotopic (exact) mass is 318 g/mol. The minimum absolute atomic E-state index is 0.111. The lowest BCUT2D eigenvalue weighted by Crippen LogP contribution is -2.39. The molecule has 1 aliphatic rings. The van der Waals surface area contributed by atoms with Gasteiger partial charge in [-0.25, -0.2) is 5.48 Å². The Hall–Kier alpha value is -1.64. The molecule has 0 saturated carbocycles. The molecular weight excluding hydrogens is 301 g/mol. The highest BCUT2D eigenvalue weighted by Crippen LogP contribution is 2.28. The molecule has 0 bridgehead atoms. The van der Waals surface area contributed by atoms with Gasteiger partial charge in [0.1, 0.15) is 0 Å². The Labute approximate surface area is 125 Å². The van der Waals surface area contributed by atoms with Gasteiger partial charge in [0.2, 0.25) is 0 Å². The van der Waals surface area contributed by atoms with Gasteiger partial charge >= 0.3 is 6.18 Å². The minimum Gasteiger partial charge on any atom is -0.379 e. The standard InChI is InChI=1S/C14H17F3N2O3/c15-14(16,17)12-3-1-11(2-4-12)13(20)18-22-10-7-19-5-8-21-9-6-19/h1-4H,5-10H2,(H,18,20). The molecule has 1 heterocycles. The van der Waals surface area contributed by atoms with E-state index in [0.29, 0.717) is 26.4 Å². The number of alkyl halides is 3. The predicted molar refractivity (Wildman–Crippen MR) is 72.1 cm³/mol. The maximum atomic E-state index is 12.4. The molecule has 1 aromatic carbocycles. The maximum absolute atomic E-state index is 12.4. The molecule has 8 heteroatoms. The zero-order valence-corrected chi connectivity index (χ0v) is 11.9. The molecule has 0 spiro atoms. The number of hydrogen-bond acceptors (Lipinski definition) is 4. The number of amides is 1. The van der Waals surface area contributed by atoms with Crippen molar-refractivity contribution < 1.29 is 27.5 Å². The highest BCUT2D eigenvalue weighted by Gasteiger charge is 2.30. The van der Waals surface area contributed by atoms with E-state index in [-0.39, 0.29) is 5.56 Å². The van der Waals surface area contributed by atoms with Crippen molar-refractivity contribution in [1.29, 1.82) is 0 Å². The van der Waals surface area contributed by atoms with Gasteiger partial charge in [0.15, 0.2) is 0 Å². The smallest absolute Gasteiger partial charge is 0.379 e. The first-order chi connectivity index (χ1) is 10.5. The van der Waals surface area contributed by atoms with Gasteiger partial charge in [-0.15, -0.1) is 0 Å². The zero-order chi connectivity index (χ0) is 16.0. The Balaban J connectivity index is 1.72. The molecule has 22 heavy (non-hydrogen) atoms. The highest BCUT2D eigenvalue weighted by atomic mass is 19.4. The van der Waals surface area contributed by atoms with Crippen LogP contribution in [0.3, 0.4) is 0 Å². The molecule has 122 valence electrons. The normalized spacial score (nSPS) is 16.5. The number of hydrogen-bond donors (Lipinski definition) is 1. The van der Waals surface area contributed by atoms with Crippen LogP contribution in [0.4, 0.5) is 13.2 Å². The van der Waals surface area contributed by atoms with Crippen molar-refractivity contribution in [3.05, 3.63) is 35.4 Å². The van der Waals surface area contributed by atoms with Crippen LogP contribution in [0, 0.1) is 0 Å². The van der Waals surface area contributed by atoms with Crippen LogP contribution in [0.1, 0.15) is 15.9 Å². The minimum atomic E-state index is -4.41. The molecule has 0 aliphatic carbocycles. The number of morpholine rings is 1. The lowest BCUT2D eigenvalue weighted by Gasteiger charge is -2.26. The van der Waals surface area contributed by atoms with E-state index in [0.717, 1.165) is 37.4 Å². The van der Waals surface area contributed by atoms with Gasteiger partial charge in [-0.3, -0.25) is 14.5 Å². The topological polar surface area (TPSA) is 50.8 Å². The predicted octanol–water partition coefficient (Wildman–Crippen LogP) is 1.70. The Morgan fingerprint density at radius 2 is 1.86 bits per heavy atom. The lowest BCUT2D eigenvalue weighted by molar-refractivity contribution is -0.137.